The molecule has 3 N–H and O–H groups in total. The van der Waals surface area contributed by atoms with Crippen LogP contribution in [0.4, 0.5) is 5.69 Å². The highest BCUT2D eigenvalue weighted by Gasteiger charge is 2.09. The third-order valence-corrected chi connectivity index (χ3v) is 2.87. The van der Waals surface area contributed by atoms with Crippen molar-refractivity contribution in [3.8, 4) is 0 Å². The number of rotatable bonds is 7. The second kappa shape index (κ2) is 8.02. The lowest BCUT2D eigenvalue weighted by molar-refractivity contribution is 0.0754. The maximum Gasteiger partial charge on any atom is 0.252 e. The first-order valence-electron chi connectivity index (χ1n) is 6.45. The van der Waals surface area contributed by atoms with Crippen molar-refractivity contribution >= 4 is 23.2 Å². The molecule has 0 bridgehead atoms. The van der Waals surface area contributed by atoms with Crippen LogP contribution in [0.15, 0.2) is 18.2 Å². The molecule has 1 aromatic carbocycles. The van der Waals surface area contributed by atoms with Crippen molar-refractivity contribution in [1.82, 2.24) is 5.32 Å². The highest BCUT2D eigenvalue weighted by atomic mass is 35.5. The molecule has 4 nitrogen and oxygen atoms in total. The smallest absolute Gasteiger partial charge is 0.252 e. The first-order valence-corrected chi connectivity index (χ1v) is 6.83. The molecule has 0 unspecified atom stereocenters. The Hall–Kier alpha value is -1.26. The minimum absolute atomic E-state index is 0.193. The van der Waals surface area contributed by atoms with Gasteiger partial charge < -0.3 is 15.8 Å². The highest BCUT2D eigenvalue weighted by molar-refractivity contribution is 6.34. The number of unbranched alkanes of at least 4 members (excludes halogenated alkanes) is 1. The van der Waals surface area contributed by atoms with E-state index >= 15 is 0 Å². The van der Waals surface area contributed by atoms with Gasteiger partial charge >= 0.3 is 0 Å². The minimum atomic E-state index is -0.193. The monoisotopic (exact) mass is 284 g/mol. The van der Waals surface area contributed by atoms with E-state index in [0.29, 0.717) is 29.4 Å². The maximum absolute atomic E-state index is 11.9. The van der Waals surface area contributed by atoms with E-state index in [2.05, 4.69) is 5.32 Å². The Morgan fingerprint density at radius 2 is 2.16 bits per heavy atom. The Morgan fingerprint density at radius 1 is 1.42 bits per heavy atom. The van der Waals surface area contributed by atoms with Gasteiger partial charge in [-0.15, -0.1) is 0 Å². The Bertz CT molecular complexity index is 422. The van der Waals surface area contributed by atoms with Crippen molar-refractivity contribution in [2.24, 2.45) is 0 Å². The number of nitrogen functional groups attached to an aromatic ring is 1. The van der Waals surface area contributed by atoms with E-state index in [0.717, 1.165) is 12.8 Å². The number of ether oxygens (including phenoxy) is 1. The normalized spacial score (nSPS) is 10.7. The van der Waals surface area contributed by atoms with Crippen LogP contribution in [0.5, 0.6) is 0 Å². The Kier molecular flexibility index (Phi) is 6.67. The van der Waals surface area contributed by atoms with Crippen molar-refractivity contribution in [1.29, 1.82) is 0 Å². The maximum atomic E-state index is 11.9. The van der Waals surface area contributed by atoms with Gasteiger partial charge in [0.25, 0.3) is 5.91 Å². The van der Waals surface area contributed by atoms with Crippen LogP contribution in [0.25, 0.3) is 0 Å². The summed E-state index contributed by atoms with van der Waals surface area (Å²) in [4.78, 5) is 11.9. The predicted octanol–water partition coefficient (Wildman–Crippen LogP) is 2.86. The third-order valence-electron chi connectivity index (χ3n) is 2.54. The van der Waals surface area contributed by atoms with E-state index in [9.17, 15) is 4.79 Å². The molecular weight excluding hydrogens is 264 g/mol. The molecule has 0 heterocycles. The van der Waals surface area contributed by atoms with Crippen LogP contribution in [0.3, 0.4) is 0 Å². The quantitative estimate of drug-likeness (QED) is 0.598. The van der Waals surface area contributed by atoms with Crippen molar-refractivity contribution in [3.05, 3.63) is 28.8 Å². The Balaban J connectivity index is 2.29. The minimum Gasteiger partial charge on any atom is -0.399 e. The fourth-order valence-electron chi connectivity index (χ4n) is 1.56. The SMILES string of the molecule is CC(C)OCCCCNC(=O)c1cc(N)ccc1Cl. The molecular formula is C14H21ClN2O2. The second-order valence-electron chi connectivity index (χ2n) is 4.62. The van der Waals surface area contributed by atoms with Crippen LogP contribution in [0, 0.1) is 0 Å². The summed E-state index contributed by atoms with van der Waals surface area (Å²) in [6.07, 6.45) is 2.04. The summed E-state index contributed by atoms with van der Waals surface area (Å²) in [5, 5.41) is 3.23. The van der Waals surface area contributed by atoms with Gasteiger partial charge in [0, 0.05) is 18.8 Å². The number of halogens is 1. The molecule has 1 aromatic rings. The molecule has 19 heavy (non-hydrogen) atoms. The van der Waals surface area contributed by atoms with E-state index in [-0.39, 0.29) is 12.0 Å². The van der Waals surface area contributed by atoms with Crippen molar-refractivity contribution in [3.63, 3.8) is 0 Å². The zero-order valence-corrected chi connectivity index (χ0v) is 12.2. The van der Waals surface area contributed by atoms with Crippen molar-refractivity contribution < 1.29 is 9.53 Å². The molecule has 0 atom stereocenters. The van der Waals surface area contributed by atoms with Gasteiger partial charge in [-0.1, -0.05) is 11.6 Å². The average Bonchev–Trinajstić information content (AvgIpc) is 2.36. The number of hydrogen-bond acceptors (Lipinski definition) is 3. The number of nitrogens with one attached hydrogen (secondary N) is 1. The lowest BCUT2D eigenvalue weighted by atomic mass is 10.2. The van der Waals surface area contributed by atoms with Gasteiger partial charge in [-0.25, -0.2) is 0 Å². The number of carbonyl (C=O) groups is 1. The lowest BCUT2D eigenvalue weighted by Gasteiger charge is -2.09. The van der Waals surface area contributed by atoms with Gasteiger partial charge in [0.05, 0.1) is 16.7 Å². The van der Waals surface area contributed by atoms with Crippen LogP contribution >= 0.6 is 11.6 Å². The molecule has 0 saturated heterocycles. The van der Waals surface area contributed by atoms with E-state index in [1.54, 1.807) is 18.2 Å². The van der Waals surface area contributed by atoms with E-state index in [1.165, 1.54) is 0 Å². The van der Waals surface area contributed by atoms with Gasteiger partial charge in [0.2, 0.25) is 0 Å². The van der Waals surface area contributed by atoms with E-state index in [1.807, 2.05) is 13.8 Å². The molecule has 106 valence electrons. The fourth-order valence-corrected chi connectivity index (χ4v) is 1.76. The van der Waals surface area contributed by atoms with E-state index < -0.39 is 0 Å². The lowest BCUT2D eigenvalue weighted by Crippen LogP contribution is -2.25. The van der Waals surface area contributed by atoms with Crippen LogP contribution in [0.1, 0.15) is 37.0 Å². The Labute approximate surface area is 119 Å². The van der Waals surface area contributed by atoms with Crippen LogP contribution in [-0.2, 0) is 4.74 Å². The van der Waals surface area contributed by atoms with Gasteiger partial charge in [0.15, 0.2) is 0 Å². The van der Waals surface area contributed by atoms with Gasteiger partial charge in [0.1, 0.15) is 0 Å². The molecule has 1 rings (SSSR count). The number of amides is 1. The topological polar surface area (TPSA) is 64.3 Å². The zero-order valence-electron chi connectivity index (χ0n) is 11.4. The summed E-state index contributed by atoms with van der Waals surface area (Å²) in [5.41, 5.74) is 6.58. The first kappa shape index (κ1) is 15.8. The van der Waals surface area contributed by atoms with Crippen LogP contribution < -0.4 is 11.1 Å². The zero-order chi connectivity index (χ0) is 14.3. The van der Waals surface area contributed by atoms with Gasteiger partial charge in [-0.05, 0) is 44.9 Å². The molecule has 0 aliphatic rings. The summed E-state index contributed by atoms with van der Waals surface area (Å²) in [6.45, 7) is 5.32. The molecule has 0 aliphatic carbocycles. The summed E-state index contributed by atoms with van der Waals surface area (Å²) in [6, 6.07) is 4.88. The predicted molar refractivity (Wildman–Crippen MR) is 78.5 cm³/mol. The molecule has 5 heteroatoms. The molecule has 0 radical (unpaired) electrons. The third kappa shape index (κ3) is 5.94. The molecule has 1 amide bonds. The first-order chi connectivity index (χ1) is 9.00. The average molecular weight is 285 g/mol. The van der Waals surface area contributed by atoms with Crippen molar-refractivity contribution in [2.75, 3.05) is 18.9 Å². The van der Waals surface area contributed by atoms with Crippen LogP contribution in [0.2, 0.25) is 5.02 Å². The van der Waals surface area contributed by atoms with Crippen molar-refractivity contribution in [2.45, 2.75) is 32.8 Å². The Morgan fingerprint density at radius 3 is 2.84 bits per heavy atom. The summed E-state index contributed by atoms with van der Waals surface area (Å²) in [5.74, 6) is -0.193. The molecule has 0 fully saturated rings. The summed E-state index contributed by atoms with van der Waals surface area (Å²) >= 11 is 5.95. The number of anilines is 1. The second-order valence-corrected chi connectivity index (χ2v) is 5.03. The highest BCUT2D eigenvalue weighted by Crippen LogP contribution is 2.18. The van der Waals surface area contributed by atoms with E-state index in [4.69, 9.17) is 22.1 Å². The van der Waals surface area contributed by atoms with Gasteiger partial charge in [-0.3, -0.25) is 4.79 Å². The molecule has 0 aliphatic heterocycles. The van der Waals surface area contributed by atoms with Crippen LogP contribution in [-0.4, -0.2) is 25.2 Å². The largest absolute Gasteiger partial charge is 0.399 e. The standard InChI is InChI=1S/C14H21ClN2O2/c1-10(2)19-8-4-3-7-17-14(18)12-9-11(16)5-6-13(12)15/h5-6,9-10H,3-4,7-8,16H2,1-2H3,(H,17,18). The summed E-state index contributed by atoms with van der Waals surface area (Å²) in [7, 11) is 0. The number of nitrogens with two attached hydrogens (primary N) is 1. The molecule has 0 spiro atoms. The summed E-state index contributed by atoms with van der Waals surface area (Å²) < 4.78 is 5.42. The fraction of sp³-hybridized carbons (Fsp3) is 0.500. The van der Waals surface area contributed by atoms with Gasteiger partial charge in [-0.2, -0.15) is 0 Å². The number of benzene rings is 1. The molecule has 0 saturated carbocycles. The molecule has 0 aromatic heterocycles. The number of carbonyl (C=O) groups excluding carboxylic acids is 1. The number of hydrogen-bond donors (Lipinski definition) is 2.